The second-order valence-electron chi connectivity index (χ2n) is 22.6. The lowest BCUT2D eigenvalue weighted by atomic mass is 10.0. The normalized spacial score (nSPS) is 15.1. The first kappa shape index (κ1) is 72.8. The number of aryl methyl sites for hydroxylation is 2. The summed E-state index contributed by atoms with van der Waals surface area (Å²) in [6.07, 6.45) is -0.345. The number of nitrogens with zero attached hydrogens (tertiary/aromatic N) is 5. The van der Waals surface area contributed by atoms with Gasteiger partial charge in [-0.25, -0.2) is 26.7 Å². The molecular formula is C59H83F4N9O13S. The highest BCUT2D eigenvalue weighted by Crippen LogP contribution is 2.29. The summed E-state index contributed by atoms with van der Waals surface area (Å²) in [6, 6.07) is 23.0. The molecule has 0 aliphatic carbocycles. The van der Waals surface area contributed by atoms with Crippen molar-refractivity contribution in [3.63, 3.8) is 0 Å². The van der Waals surface area contributed by atoms with Gasteiger partial charge in [-0.2, -0.15) is 13.2 Å². The van der Waals surface area contributed by atoms with Crippen LogP contribution in [0.3, 0.4) is 0 Å². The molecule has 4 aromatic carbocycles. The summed E-state index contributed by atoms with van der Waals surface area (Å²) in [7, 11) is -0.633. The molecule has 27 heteroatoms. The fourth-order valence-electron chi connectivity index (χ4n) is 8.84. The summed E-state index contributed by atoms with van der Waals surface area (Å²) < 4.78 is 86.5. The fourth-order valence-corrected chi connectivity index (χ4v) is 10.4. The van der Waals surface area contributed by atoms with Gasteiger partial charge in [0.1, 0.15) is 28.6 Å². The van der Waals surface area contributed by atoms with Gasteiger partial charge in [-0.15, -0.1) is 0 Å². The number of ketones is 1. The van der Waals surface area contributed by atoms with Crippen LogP contribution < -0.4 is 36.2 Å². The van der Waals surface area contributed by atoms with Gasteiger partial charge in [0.05, 0.1) is 21.9 Å². The number of alkyl halides is 3. The van der Waals surface area contributed by atoms with Crippen molar-refractivity contribution in [3.8, 4) is 5.75 Å². The van der Waals surface area contributed by atoms with Gasteiger partial charge in [0.25, 0.3) is 11.4 Å². The van der Waals surface area contributed by atoms with Crippen LogP contribution in [-0.2, 0) is 35.5 Å². The molecule has 0 aromatic heterocycles. The third-order valence-corrected chi connectivity index (χ3v) is 15.3. The van der Waals surface area contributed by atoms with E-state index in [-0.39, 0.29) is 65.3 Å². The number of amides is 2. The summed E-state index contributed by atoms with van der Waals surface area (Å²) in [4.78, 5) is 68.8. The van der Waals surface area contributed by atoms with Crippen molar-refractivity contribution >= 4 is 57.0 Å². The van der Waals surface area contributed by atoms with Crippen molar-refractivity contribution in [1.29, 1.82) is 0 Å². The average molecular weight is 1230 g/mol. The quantitative estimate of drug-likeness (QED) is 0.0395. The summed E-state index contributed by atoms with van der Waals surface area (Å²) in [5, 5.41) is 29.7. The number of non-ortho nitro benzene ring substituents is 2. The number of piperidine rings is 3. The number of carbonyl (C=O) groups excluding carboxylic acids is 4. The first-order valence-electron chi connectivity index (χ1n) is 27.9. The largest absolute Gasteiger partial charge is 0.497 e. The van der Waals surface area contributed by atoms with E-state index in [1.807, 2.05) is 65.8 Å². The molecule has 4 aromatic rings. The molecule has 0 spiro atoms. The maximum atomic E-state index is 13.1. The highest BCUT2D eigenvalue weighted by molar-refractivity contribution is 7.89. The Morgan fingerprint density at radius 3 is 1.51 bits per heavy atom. The third kappa shape index (κ3) is 27.3. The molecule has 3 aliphatic rings. The van der Waals surface area contributed by atoms with Gasteiger partial charge in [-0.1, -0.05) is 12.1 Å². The molecule has 3 aliphatic heterocycles. The Hall–Kier alpha value is -7.49. The topological polar surface area (TPSA) is 288 Å². The Balaban J connectivity index is 0.000000315. The van der Waals surface area contributed by atoms with Crippen molar-refractivity contribution < 1.29 is 69.2 Å². The number of sulfonamides is 1. The zero-order valence-corrected chi connectivity index (χ0v) is 51.4. The predicted molar refractivity (Wildman–Crippen MR) is 320 cm³/mol. The molecule has 5 N–H and O–H groups in total. The number of hydrogen-bond acceptors (Lipinski definition) is 17. The summed E-state index contributed by atoms with van der Waals surface area (Å²) in [5.74, 6) is 0.166. The highest BCUT2D eigenvalue weighted by Gasteiger charge is 2.28. The third-order valence-electron chi connectivity index (χ3n) is 13.2. The van der Waals surface area contributed by atoms with Crippen LogP contribution in [0.5, 0.6) is 5.75 Å². The molecule has 2 amide bonds. The number of anilines is 2. The van der Waals surface area contributed by atoms with E-state index in [2.05, 4.69) is 25.8 Å². The molecule has 0 radical (unpaired) electrons. The molecular weight excluding hydrogens is 1150 g/mol. The van der Waals surface area contributed by atoms with E-state index in [0.717, 1.165) is 119 Å². The predicted octanol–water partition coefficient (Wildman–Crippen LogP) is 9.89. The molecule has 0 atom stereocenters. The Bertz CT molecular complexity index is 2900. The van der Waals surface area contributed by atoms with Crippen LogP contribution in [0, 0.1) is 39.9 Å². The number of nitrogens with two attached hydrogens (primary N) is 1. The van der Waals surface area contributed by atoms with E-state index in [1.165, 1.54) is 23.5 Å². The van der Waals surface area contributed by atoms with Crippen LogP contribution in [0.2, 0.25) is 0 Å². The molecule has 0 saturated carbocycles. The monoisotopic (exact) mass is 1230 g/mol. The van der Waals surface area contributed by atoms with E-state index in [4.69, 9.17) is 24.7 Å². The molecule has 0 unspecified atom stereocenters. The van der Waals surface area contributed by atoms with Crippen molar-refractivity contribution in [1.82, 2.24) is 20.3 Å². The molecule has 7 rings (SSSR count). The Labute approximate surface area is 500 Å². The number of ether oxygens (including phenoxy) is 3. The maximum absolute atomic E-state index is 13.1. The van der Waals surface area contributed by atoms with Crippen molar-refractivity contribution in [2.24, 2.45) is 5.73 Å². The van der Waals surface area contributed by atoms with Crippen LogP contribution in [0.1, 0.15) is 103 Å². The summed E-state index contributed by atoms with van der Waals surface area (Å²) >= 11 is 0. The minimum absolute atomic E-state index is 0.0110. The van der Waals surface area contributed by atoms with E-state index >= 15 is 0 Å². The second-order valence-corrected chi connectivity index (χ2v) is 24.6. The first-order chi connectivity index (χ1) is 40.1. The minimum atomic E-state index is -4.64. The number of nitro groups is 2. The number of hydrogen-bond donors (Lipinski definition) is 4. The van der Waals surface area contributed by atoms with Gasteiger partial charge in [0.15, 0.2) is 0 Å². The number of nitro benzene ring substituents is 2. The lowest BCUT2D eigenvalue weighted by molar-refractivity contribution is -0.385. The van der Waals surface area contributed by atoms with Crippen LogP contribution in [0.25, 0.3) is 0 Å². The molecule has 3 saturated heterocycles. The summed E-state index contributed by atoms with van der Waals surface area (Å²) in [6.45, 7) is 20.2. The lowest BCUT2D eigenvalue weighted by Gasteiger charge is -2.34. The SMILES string of the molecule is CC(C)(C)OC(=O)NC1CCN(c2ccc([N+](=O)[O-])cc2)CC1.CC(C)(C)OC(=O)NC1CCNCC1.COc1cc(C)c(S(=O)(=O)N(C)CCC(=O)Cc2ccc(N3CCC(N)CC3)cc2)c(C)c1.O=CC(F)(F)F.O=[N+]([O-])c1ccc(F)cc1. The Morgan fingerprint density at radius 1 is 0.721 bits per heavy atom. The molecule has 22 nitrogen and oxygen atoms in total. The second kappa shape index (κ2) is 34.0. The first-order valence-corrected chi connectivity index (χ1v) is 29.4. The van der Waals surface area contributed by atoms with Crippen molar-refractivity contribution in [2.45, 2.75) is 147 Å². The van der Waals surface area contributed by atoms with E-state index in [9.17, 15) is 60.6 Å². The number of benzene rings is 4. The minimum Gasteiger partial charge on any atom is -0.497 e. The fraction of sp³-hybridized carbons (Fsp3) is 0.525. The van der Waals surface area contributed by atoms with Crippen molar-refractivity contribution in [3.05, 3.63) is 128 Å². The zero-order chi connectivity index (χ0) is 64.6. The molecule has 3 heterocycles. The van der Waals surface area contributed by atoms with Crippen LogP contribution >= 0.6 is 0 Å². The molecule has 0 bridgehead atoms. The van der Waals surface area contributed by atoms with Crippen molar-refractivity contribution in [2.75, 3.05) is 69.8 Å². The van der Waals surface area contributed by atoms with E-state index < -0.39 is 49.4 Å². The van der Waals surface area contributed by atoms with E-state index in [0.29, 0.717) is 23.3 Å². The molecule has 86 heavy (non-hydrogen) atoms. The lowest BCUT2D eigenvalue weighted by Crippen LogP contribution is -2.46. The van der Waals surface area contributed by atoms with Gasteiger partial charge in [0.2, 0.25) is 16.3 Å². The van der Waals surface area contributed by atoms with Gasteiger partial charge < -0.3 is 45.7 Å². The number of Topliss-reactive ketones (excluding diaryl/α,β-unsaturated/α-hetero) is 1. The molecule has 3 fully saturated rings. The van der Waals surface area contributed by atoms with E-state index in [1.54, 1.807) is 45.2 Å². The highest BCUT2D eigenvalue weighted by atomic mass is 32.2. The van der Waals surface area contributed by atoms with Gasteiger partial charge in [-0.05, 0) is 172 Å². The number of aldehydes is 1. The molecule has 476 valence electrons. The Kier molecular flexibility index (Phi) is 28.8. The number of methoxy groups -OCH3 is 1. The number of rotatable bonds is 14. The van der Waals surface area contributed by atoms with Crippen LogP contribution in [0.15, 0.2) is 89.8 Å². The van der Waals surface area contributed by atoms with Gasteiger partial charge >= 0.3 is 18.4 Å². The Morgan fingerprint density at radius 2 is 1.12 bits per heavy atom. The summed E-state index contributed by atoms with van der Waals surface area (Å²) in [5.41, 5.74) is 9.37. The van der Waals surface area contributed by atoms with Gasteiger partial charge in [-0.3, -0.25) is 29.8 Å². The number of alkyl carbamates (subject to hydrolysis) is 2. The number of halogens is 4. The number of nitrogens with one attached hydrogen (secondary N) is 3. The van der Waals surface area contributed by atoms with Crippen LogP contribution in [0.4, 0.5) is 49.9 Å². The zero-order valence-electron chi connectivity index (χ0n) is 50.5. The maximum Gasteiger partial charge on any atom is 0.446 e. The average Bonchev–Trinajstić information content (AvgIpc) is 1.70. The number of carbonyl (C=O) groups is 4. The standard InChI is InChI=1S/C25H35N3O4S.C16H23N3O4.C10H20N2O2.C6H4FNO2.C2HF3O/c1-18-15-24(32-4)16-19(2)25(18)33(30,31)27(3)12-11-23(29)17-20-5-7-22(8-6-20)28-13-9-21(26)10-14-28;1-16(2,3)23-15(20)17-12-8-10-18(11-9-12)13-4-6-14(7-5-13)19(21)22;1-10(2,3)14-9(13)12-8-4-6-11-7-5-8;7-5-1-3-6(4-2-5)8(9)10;3-2(4,5)1-6/h5-8,15-16,21H,9-14,17,26H2,1-4H3;4-7,12H,8-11H2,1-3H3,(H,17,20);8,11H,4-7H2,1-3H3,(H,12,13);1-4H;1H. The van der Waals surface area contributed by atoms with Gasteiger partial charge in [0, 0.05) is 106 Å². The smallest absolute Gasteiger partial charge is 0.446 e. The van der Waals surface area contributed by atoms with Crippen LogP contribution in [-0.4, -0.2) is 142 Å².